The van der Waals surface area contributed by atoms with E-state index >= 15 is 0 Å². The topological polar surface area (TPSA) is 12.9 Å². The number of hydrogen-bond donors (Lipinski definition) is 0. The van der Waals surface area contributed by atoms with Crippen molar-refractivity contribution in [1.82, 2.24) is 4.98 Å². The van der Waals surface area contributed by atoms with Crippen molar-refractivity contribution in [2.45, 2.75) is 45.4 Å². The zero-order valence-corrected chi connectivity index (χ0v) is 10.7. The zero-order chi connectivity index (χ0) is 11.9. The molecule has 0 amide bonds. The number of hydrogen-bond acceptors (Lipinski definition) is 1. The van der Waals surface area contributed by atoms with Crippen molar-refractivity contribution in [1.29, 1.82) is 0 Å². The van der Waals surface area contributed by atoms with E-state index in [2.05, 4.69) is 36.2 Å². The summed E-state index contributed by atoms with van der Waals surface area (Å²) >= 11 is 0. The number of unbranched alkanes of at least 4 members (excludes halogenated alkanes) is 4. The Balaban J connectivity index is 1.98. The number of nitrogens with zero attached hydrogens (tertiary/aromatic N) is 1. The van der Waals surface area contributed by atoms with Gasteiger partial charge in [0.25, 0.3) is 0 Å². The van der Waals surface area contributed by atoms with Crippen LogP contribution in [0.2, 0.25) is 0 Å². The number of aryl methyl sites for hydroxylation is 1. The van der Waals surface area contributed by atoms with Crippen LogP contribution in [-0.4, -0.2) is 4.98 Å². The quantitative estimate of drug-likeness (QED) is 0.649. The first kappa shape index (κ1) is 12.1. The third-order valence-corrected chi connectivity index (χ3v) is 3.27. The Morgan fingerprint density at radius 3 is 2.65 bits per heavy atom. The van der Waals surface area contributed by atoms with Gasteiger partial charge in [-0.05, 0) is 24.5 Å². The molecule has 0 spiro atoms. The fourth-order valence-electron chi connectivity index (χ4n) is 2.29. The molecular weight excluding hydrogens is 206 g/mol. The van der Waals surface area contributed by atoms with E-state index in [1.807, 2.05) is 12.3 Å². The Bertz CT molecular complexity index is 457. The highest BCUT2D eigenvalue weighted by Gasteiger charge is 2.00. The molecule has 1 aromatic carbocycles. The maximum absolute atomic E-state index is 4.50. The van der Waals surface area contributed by atoms with Gasteiger partial charge in [-0.15, -0.1) is 0 Å². The van der Waals surface area contributed by atoms with Gasteiger partial charge in [-0.2, -0.15) is 0 Å². The number of para-hydroxylation sites is 1. The minimum absolute atomic E-state index is 1.16. The Hall–Kier alpha value is -1.37. The fourth-order valence-corrected chi connectivity index (χ4v) is 2.29. The van der Waals surface area contributed by atoms with Crippen LogP contribution in [0.5, 0.6) is 0 Å². The molecule has 0 fully saturated rings. The van der Waals surface area contributed by atoms with Crippen molar-refractivity contribution in [3.8, 4) is 0 Å². The average molecular weight is 227 g/mol. The summed E-state index contributed by atoms with van der Waals surface area (Å²) in [4.78, 5) is 4.50. The largest absolute Gasteiger partial charge is 0.256 e. The molecule has 1 heteroatoms. The molecule has 0 aliphatic carbocycles. The molecule has 0 atom stereocenters. The van der Waals surface area contributed by atoms with Gasteiger partial charge in [-0.1, -0.05) is 56.9 Å². The van der Waals surface area contributed by atoms with Gasteiger partial charge in [0, 0.05) is 11.6 Å². The smallest absolute Gasteiger partial charge is 0.0733 e. The second-order valence-corrected chi connectivity index (χ2v) is 4.66. The second kappa shape index (κ2) is 6.39. The fraction of sp³-hybridized carbons (Fsp3) is 0.438. The highest BCUT2D eigenvalue weighted by Crippen LogP contribution is 2.18. The van der Waals surface area contributed by atoms with Crippen molar-refractivity contribution in [2.24, 2.45) is 0 Å². The van der Waals surface area contributed by atoms with Crippen LogP contribution in [0, 0.1) is 0 Å². The summed E-state index contributed by atoms with van der Waals surface area (Å²) < 4.78 is 0. The minimum Gasteiger partial charge on any atom is -0.256 e. The molecule has 0 aliphatic rings. The summed E-state index contributed by atoms with van der Waals surface area (Å²) in [5, 5.41) is 1.26. The molecule has 2 rings (SSSR count). The number of aromatic nitrogens is 1. The van der Waals surface area contributed by atoms with Crippen molar-refractivity contribution in [3.63, 3.8) is 0 Å². The first-order valence-electron chi connectivity index (χ1n) is 6.74. The average Bonchev–Trinajstić information content (AvgIpc) is 2.39. The van der Waals surface area contributed by atoms with E-state index in [9.17, 15) is 0 Å². The van der Waals surface area contributed by atoms with Crippen LogP contribution in [0.1, 0.15) is 44.6 Å². The molecule has 1 aromatic heterocycles. The van der Waals surface area contributed by atoms with Crippen LogP contribution < -0.4 is 0 Å². The summed E-state index contributed by atoms with van der Waals surface area (Å²) in [5.41, 5.74) is 2.59. The monoisotopic (exact) mass is 227 g/mol. The van der Waals surface area contributed by atoms with Gasteiger partial charge >= 0.3 is 0 Å². The predicted octanol–water partition coefficient (Wildman–Crippen LogP) is 4.75. The van der Waals surface area contributed by atoms with E-state index in [0.29, 0.717) is 0 Å². The number of benzene rings is 1. The molecule has 0 saturated carbocycles. The van der Waals surface area contributed by atoms with Gasteiger partial charge in [0.05, 0.1) is 5.52 Å². The van der Waals surface area contributed by atoms with Crippen LogP contribution in [0.4, 0.5) is 0 Å². The zero-order valence-electron chi connectivity index (χ0n) is 10.7. The molecule has 2 aromatic rings. The van der Waals surface area contributed by atoms with Gasteiger partial charge in [-0.25, -0.2) is 0 Å². The van der Waals surface area contributed by atoms with E-state index < -0.39 is 0 Å². The van der Waals surface area contributed by atoms with E-state index in [0.717, 1.165) is 6.42 Å². The summed E-state index contributed by atoms with van der Waals surface area (Å²) in [7, 11) is 0. The van der Waals surface area contributed by atoms with Crippen LogP contribution in [0.3, 0.4) is 0 Å². The molecule has 17 heavy (non-hydrogen) atoms. The van der Waals surface area contributed by atoms with Crippen LogP contribution in [0.15, 0.2) is 36.5 Å². The lowest BCUT2D eigenvalue weighted by Gasteiger charge is -2.05. The van der Waals surface area contributed by atoms with E-state index in [1.165, 1.54) is 48.6 Å². The number of fused-ring (bicyclic) bond motifs is 1. The molecule has 0 radical (unpaired) electrons. The Kier molecular flexibility index (Phi) is 4.54. The van der Waals surface area contributed by atoms with Gasteiger partial charge < -0.3 is 0 Å². The Morgan fingerprint density at radius 1 is 0.941 bits per heavy atom. The highest BCUT2D eigenvalue weighted by atomic mass is 14.6. The Morgan fingerprint density at radius 2 is 1.76 bits per heavy atom. The van der Waals surface area contributed by atoms with Crippen molar-refractivity contribution in [3.05, 3.63) is 42.1 Å². The van der Waals surface area contributed by atoms with Gasteiger partial charge in [0.2, 0.25) is 0 Å². The molecule has 1 heterocycles. The van der Waals surface area contributed by atoms with Gasteiger partial charge in [0.15, 0.2) is 0 Å². The molecule has 0 unspecified atom stereocenters. The van der Waals surface area contributed by atoms with Crippen molar-refractivity contribution in [2.75, 3.05) is 0 Å². The van der Waals surface area contributed by atoms with E-state index in [-0.39, 0.29) is 0 Å². The van der Waals surface area contributed by atoms with Crippen LogP contribution >= 0.6 is 0 Å². The first-order valence-corrected chi connectivity index (χ1v) is 6.74. The normalized spacial score (nSPS) is 10.9. The Labute approximate surface area is 104 Å². The first-order chi connectivity index (χ1) is 8.42. The molecule has 0 bridgehead atoms. The van der Waals surface area contributed by atoms with Crippen LogP contribution in [0.25, 0.3) is 10.9 Å². The van der Waals surface area contributed by atoms with Gasteiger partial charge in [0.1, 0.15) is 0 Å². The summed E-state index contributed by atoms with van der Waals surface area (Å²) in [5.74, 6) is 0. The molecule has 1 nitrogen and oxygen atoms in total. The summed E-state index contributed by atoms with van der Waals surface area (Å²) in [6.45, 7) is 2.26. The SMILES string of the molecule is CCCCCCCc1cccc2cccnc12. The second-order valence-electron chi connectivity index (χ2n) is 4.66. The minimum atomic E-state index is 1.16. The van der Waals surface area contributed by atoms with Crippen molar-refractivity contribution >= 4 is 10.9 Å². The summed E-state index contributed by atoms with van der Waals surface area (Å²) in [6.07, 6.45) is 9.74. The third kappa shape index (κ3) is 3.29. The molecule has 90 valence electrons. The van der Waals surface area contributed by atoms with Gasteiger partial charge in [-0.3, -0.25) is 4.98 Å². The maximum Gasteiger partial charge on any atom is 0.0733 e. The lowest BCUT2D eigenvalue weighted by atomic mass is 10.0. The molecular formula is C16H21N. The van der Waals surface area contributed by atoms with E-state index in [4.69, 9.17) is 0 Å². The van der Waals surface area contributed by atoms with Crippen LogP contribution in [-0.2, 0) is 6.42 Å². The lowest BCUT2D eigenvalue weighted by Crippen LogP contribution is -1.90. The number of pyridine rings is 1. The summed E-state index contributed by atoms with van der Waals surface area (Å²) in [6, 6.07) is 10.7. The predicted molar refractivity (Wildman–Crippen MR) is 74.2 cm³/mol. The third-order valence-electron chi connectivity index (χ3n) is 3.27. The molecule has 0 N–H and O–H groups in total. The van der Waals surface area contributed by atoms with E-state index in [1.54, 1.807) is 0 Å². The van der Waals surface area contributed by atoms with Crippen molar-refractivity contribution < 1.29 is 0 Å². The lowest BCUT2D eigenvalue weighted by molar-refractivity contribution is 0.633. The highest BCUT2D eigenvalue weighted by molar-refractivity contribution is 5.81. The maximum atomic E-state index is 4.50. The standard InChI is InChI=1S/C16H21N/c1-2-3-4-5-6-9-14-10-7-11-15-12-8-13-17-16(14)15/h7-8,10-13H,2-6,9H2,1H3. The number of rotatable bonds is 6. The molecule has 0 aliphatic heterocycles. The molecule has 0 saturated heterocycles.